The third-order valence-electron chi connectivity index (χ3n) is 11.5. The zero-order valence-corrected chi connectivity index (χ0v) is 41.4. The van der Waals surface area contributed by atoms with E-state index in [1.807, 2.05) is 6.92 Å². The largest absolute Gasteiger partial charge is 0.464 e. The molecule has 370 valence electrons. The van der Waals surface area contributed by atoms with Crippen LogP contribution in [0.25, 0.3) is 0 Å². The van der Waals surface area contributed by atoms with Crippen LogP contribution in [0, 0.1) is 0 Å². The number of hydrogen-bond donors (Lipinski definition) is 1. The zero-order chi connectivity index (χ0) is 46.6. The minimum Gasteiger partial charge on any atom is -0.464 e. The number of rotatable bonds is 44. The van der Waals surface area contributed by atoms with Gasteiger partial charge in [-0.2, -0.15) is 0 Å². The Hall–Kier alpha value is -2.83. The van der Waals surface area contributed by atoms with E-state index in [1.165, 1.54) is 70.6 Å². The summed E-state index contributed by atoms with van der Waals surface area (Å²) in [7, 11) is 3.24. The lowest BCUT2D eigenvalue weighted by Crippen LogP contribution is -2.42. The van der Waals surface area contributed by atoms with Crippen LogP contribution in [0.4, 0.5) is 0 Å². The fourth-order valence-corrected chi connectivity index (χ4v) is 7.58. The molecule has 1 rings (SSSR count). The quantitative estimate of drug-likeness (QED) is 0.0359. The fourth-order valence-electron chi connectivity index (χ4n) is 7.58. The summed E-state index contributed by atoms with van der Waals surface area (Å²) in [4.78, 5) is 41.6. The van der Waals surface area contributed by atoms with Crippen molar-refractivity contribution < 1.29 is 42.8 Å². The normalized spacial score (nSPS) is 16.5. The highest BCUT2D eigenvalue weighted by atomic mass is 16.6. The van der Waals surface area contributed by atoms with E-state index in [0.717, 1.165) is 77.0 Å². The minimum absolute atomic E-state index is 0.0476. The van der Waals surface area contributed by atoms with Crippen LogP contribution >= 0.6 is 0 Å². The average molecular weight is 903 g/mol. The lowest BCUT2D eigenvalue weighted by Gasteiger charge is -2.25. The van der Waals surface area contributed by atoms with Gasteiger partial charge in [0.05, 0.1) is 58.3 Å². The Morgan fingerprint density at radius 3 is 1.66 bits per heavy atom. The van der Waals surface area contributed by atoms with Crippen molar-refractivity contribution in [3.63, 3.8) is 0 Å². The third kappa shape index (κ3) is 33.6. The molecule has 1 heterocycles. The molecular weight excluding hydrogens is 809 g/mol. The van der Waals surface area contributed by atoms with Crippen molar-refractivity contribution in [3.05, 3.63) is 48.6 Å². The lowest BCUT2D eigenvalue weighted by molar-refractivity contribution is -0.153. The van der Waals surface area contributed by atoms with Gasteiger partial charge in [-0.1, -0.05) is 133 Å². The molecule has 1 N–H and O–H groups in total. The number of ether oxygens (including phenoxy) is 6. The maximum Gasteiger partial charge on any atom is 0.329 e. The molecule has 1 fully saturated rings. The van der Waals surface area contributed by atoms with E-state index in [4.69, 9.17) is 28.4 Å². The number of carbonyl (C=O) groups is 3. The molecule has 2 unspecified atom stereocenters. The fraction of sp³-hybridized carbons (Fsp3) is 0.792. The van der Waals surface area contributed by atoms with E-state index in [9.17, 15) is 14.4 Å². The van der Waals surface area contributed by atoms with Crippen molar-refractivity contribution in [2.75, 3.05) is 66.9 Å². The summed E-state index contributed by atoms with van der Waals surface area (Å²) in [5, 5.41) is 3.14. The maximum absolute atomic E-state index is 13.6. The summed E-state index contributed by atoms with van der Waals surface area (Å²) in [6.07, 6.45) is 43.5. The Labute approximate surface area is 390 Å². The molecule has 11 heteroatoms. The van der Waals surface area contributed by atoms with Crippen molar-refractivity contribution >= 4 is 17.8 Å². The zero-order valence-electron chi connectivity index (χ0n) is 41.4. The van der Waals surface area contributed by atoms with E-state index in [-0.39, 0.29) is 37.6 Å². The summed E-state index contributed by atoms with van der Waals surface area (Å²) in [6, 6.07) is -0.760. The number of amides is 1. The highest BCUT2D eigenvalue weighted by Crippen LogP contribution is 2.24. The van der Waals surface area contributed by atoms with Crippen molar-refractivity contribution in [1.29, 1.82) is 0 Å². The molecule has 0 aromatic rings. The van der Waals surface area contributed by atoms with Crippen LogP contribution < -0.4 is 5.32 Å². The molecule has 4 atom stereocenters. The van der Waals surface area contributed by atoms with Crippen LogP contribution in [0.1, 0.15) is 181 Å². The Morgan fingerprint density at radius 1 is 0.609 bits per heavy atom. The summed E-state index contributed by atoms with van der Waals surface area (Å²) in [5.74, 6) is -0.951. The molecule has 0 bridgehead atoms. The molecule has 0 saturated carbocycles. The van der Waals surface area contributed by atoms with Crippen LogP contribution in [0.5, 0.6) is 0 Å². The number of unbranched alkanes of at least 4 members (excludes halogenated alkanes) is 17. The summed E-state index contributed by atoms with van der Waals surface area (Å²) in [6.45, 7) is 8.94. The number of nitrogens with zero attached hydrogens (tertiary/aromatic N) is 1. The first-order valence-corrected chi connectivity index (χ1v) is 25.5. The van der Waals surface area contributed by atoms with Gasteiger partial charge in [-0.25, -0.2) is 4.79 Å². The van der Waals surface area contributed by atoms with Gasteiger partial charge in [-0.15, -0.1) is 0 Å². The van der Waals surface area contributed by atoms with Gasteiger partial charge in [-0.05, 0) is 84.0 Å². The number of hydrogen-bond acceptors (Lipinski definition) is 10. The lowest BCUT2D eigenvalue weighted by atomic mass is 10.1. The van der Waals surface area contributed by atoms with Gasteiger partial charge in [0.15, 0.2) is 0 Å². The van der Waals surface area contributed by atoms with Crippen LogP contribution in [-0.4, -0.2) is 114 Å². The number of allylic oxidation sites excluding steroid dienone is 8. The number of esters is 2. The Balaban J connectivity index is 2.56. The summed E-state index contributed by atoms with van der Waals surface area (Å²) >= 11 is 0. The minimum atomic E-state index is -0.760. The predicted octanol–water partition coefficient (Wildman–Crippen LogP) is 11.3. The van der Waals surface area contributed by atoms with Crippen LogP contribution in [0.2, 0.25) is 0 Å². The van der Waals surface area contributed by atoms with E-state index < -0.39 is 24.1 Å². The Bertz CT molecular complexity index is 1240. The molecule has 0 radical (unpaired) electrons. The first kappa shape index (κ1) is 59.2. The van der Waals surface area contributed by atoms with Crippen molar-refractivity contribution in [1.82, 2.24) is 10.2 Å². The van der Waals surface area contributed by atoms with Gasteiger partial charge >= 0.3 is 11.9 Å². The monoisotopic (exact) mass is 903 g/mol. The second-order valence-electron chi connectivity index (χ2n) is 17.2. The van der Waals surface area contributed by atoms with Gasteiger partial charge in [0.25, 0.3) is 0 Å². The molecule has 1 aliphatic rings. The first-order valence-electron chi connectivity index (χ1n) is 25.5. The van der Waals surface area contributed by atoms with Gasteiger partial charge in [-0.3, -0.25) is 9.59 Å². The first-order chi connectivity index (χ1) is 31.4. The number of nitrogens with one attached hydrogen (secondary N) is 1. The van der Waals surface area contributed by atoms with Gasteiger partial charge in [0.1, 0.15) is 12.1 Å². The van der Waals surface area contributed by atoms with E-state index in [1.54, 1.807) is 19.1 Å². The molecule has 1 amide bonds. The van der Waals surface area contributed by atoms with Gasteiger partial charge in [0, 0.05) is 33.6 Å². The van der Waals surface area contributed by atoms with E-state index >= 15 is 0 Å². The van der Waals surface area contributed by atoms with Crippen LogP contribution in [0.15, 0.2) is 48.6 Å². The predicted molar refractivity (Wildman–Crippen MR) is 261 cm³/mol. The average Bonchev–Trinajstić information content (AvgIpc) is 3.72. The molecule has 64 heavy (non-hydrogen) atoms. The topological polar surface area (TPSA) is 122 Å². The molecule has 1 aliphatic heterocycles. The third-order valence-corrected chi connectivity index (χ3v) is 11.5. The van der Waals surface area contributed by atoms with Crippen molar-refractivity contribution in [2.24, 2.45) is 0 Å². The number of carbonyl (C=O) groups excluding carboxylic acids is 3. The molecule has 0 aliphatic carbocycles. The number of likely N-dealkylation sites (tertiary alicyclic amines) is 1. The van der Waals surface area contributed by atoms with Crippen molar-refractivity contribution in [3.8, 4) is 0 Å². The molecule has 0 spiro atoms. The molecule has 1 saturated heterocycles. The van der Waals surface area contributed by atoms with E-state index in [0.29, 0.717) is 46.0 Å². The molecule has 11 nitrogen and oxygen atoms in total. The maximum atomic E-state index is 13.6. The highest BCUT2D eigenvalue weighted by Gasteiger charge is 2.42. The highest BCUT2D eigenvalue weighted by molar-refractivity contribution is 5.85. The SMILES string of the molecule is CCCCC/C=C\C/C=C\CCCCCCCCOC(=O)C1CC(OC(=O)CNC[C@@H](OCCOC)[C@H](C)OCCOC)CN1C(=O)CCCCCCC/C=C\C/C=C\CCCCC. The van der Waals surface area contributed by atoms with Gasteiger partial charge in [0.2, 0.25) is 5.91 Å². The Kier molecular flexibility index (Phi) is 40.7. The standard InChI is InChI=1S/C53H94N2O9/c1-6-8-10-12-14-16-18-20-22-24-26-28-30-32-34-36-38-63-53(58)49-43-48(64-52(57)45-54-44-50(62-42-40-60-5)47(3)61-41-39-59-4)46-55(49)51(56)37-35-33-31-29-27-25-23-21-19-17-15-13-11-9-7-2/h14-17,20-23,47-50,54H,6-13,18-19,24-46H2,1-5H3/b16-14-,17-15-,22-20-,23-21-/t47-,48?,49?,50+/m0/s1. The smallest absolute Gasteiger partial charge is 0.329 e. The van der Waals surface area contributed by atoms with Gasteiger partial charge < -0.3 is 38.6 Å². The summed E-state index contributed by atoms with van der Waals surface area (Å²) < 4.78 is 33.6. The summed E-state index contributed by atoms with van der Waals surface area (Å²) in [5.41, 5.74) is 0. The molecule has 0 aromatic carbocycles. The van der Waals surface area contributed by atoms with Crippen molar-refractivity contribution in [2.45, 2.75) is 206 Å². The second-order valence-corrected chi connectivity index (χ2v) is 17.2. The molecular formula is C53H94N2O9. The van der Waals surface area contributed by atoms with E-state index in [2.05, 4.69) is 67.8 Å². The van der Waals surface area contributed by atoms with Crippen LogP contribution in [0.3, 0.4) is 0 Å². The Morgan fingerprint density at radius 2 is 1.11 bits per heavy atom. The number of methoxy groups -OCH3 is 2. The second kappa shape index (κ2) is 44.0. The van der Waals surface area contributed by atoms with Crippen LogP contribution in [-0.2, 0) is 42.8 Å². The molecule has 0 aromatic heterocycles.